The maximum Gasteiger partial charge on any atom is 0.338 e. The molecule has 1 fully saturated rings. The number of hydrogen-bond acceptors (Lipinski definition) is 5. The maximum absolute atomic E-state index is 11.2. The van der Waals surface area contributed by atoms with Gasteiger partial charge in [0, 0.05) is 0 Å². The van der Waals surface area contributed by atoms with Crippen LogP contribution in [0.25, 0.3) is 0 Å². The smallest absolute Gasteiger partial charge is 0.338 e. The molecular formula is C19H34O5. The number of epoxide rings is 1. The van der Waals surface area contributed by atoms with Crippen molar-refractivity contribution < 1.29 is 24.4 Å². The molecule has 0 aromatic heterocycles. The molecule has 1 N–H and O–H groups in total. The molecule has 0 radical (unpaired) electrons. The lowest BCUT2D eigenvalue weighted by Gasteiger charge is -2.10. The number of carbonyl (C=O) groups excluding carboxylic acids is 1. The quantitative estimate of drug-likeness (QED) is 0.117. The van der Waals surface area contributed by atoms with E-state index >= 15 is 0 Å². The van der Waals surface area contributed by atoms with E-state index in [4.69, 9.17) is 9.99 Å². The first kappa shape index (κ1) is 21.1. The van der Waals surface area contributed by atoms with E-state index < -0.39 is 12.1 Å². The first-order valence-electron chi connectivity index (χ1n) is 9.41. The molecule has 0 aromatic rings. The van der Waals surface area contributed by atoms with Gasteiger partial charge in [0.2, 0.25) is 0 Å². The summed E-state index contributed by atoms with van der Waals surface area (Å²) in [6.07, 6.45) is 16.5. The number of rotatable bonds is 15. The van der Waals surface area contributed by atoms with Crippen LogP contribution >= 0.6 is 0 Å². The number of carbonyl (C=O) groups is 1. The van der Waals surface area contributed by atoms with Gasteiger partial charge in [-0.05, 0) is 32.1 Å². The molecule has 0 aromatic carbocycles. The highest BCUT2D eigenvalue weighted by Gasteiger charge is 2.36. The van der Waals surface area contributed by atoms with Crippen molar-refractivity contribution in [1.29, 1.82) is 0 Å². The lowest BCUT2D eigenvalue weighted by molar-refractivity contribution is -0.278. The zero-order valence-corrected chi connectivity index (χ0v) is 15.2. The molecule has 3 unspecified atom stereocenters. The number of methoxy groups -OCH3 is 1. The van der Waals surface area contributed by atoms with Crippen LogP contribution in [0.3, 0.4) is 0 Å². The second-order valence-corrected chi connectivity index (χ2v) is 6.52. The summed E-state index contributed by atoms with van der Waals surface area (Å²) in [6.45, 7) is 2.23. The Morgan fingerprint density at radius 3 is 2.62 bits per heavy atom. The van der Waals surface area contributed by atoms with E-state index in [1.807, 2.05) is 0 Å². The van der Waals surface area contributed by atoms with E-state index in [9.17, 15) is 4.79 Å². The predicted octanol–water partition coefficient (Wildman–Crippen LogP) is 4.65. The minimum absolute atomic E-state index is 0.465. The Bertz CT molecular complexity index is 356. The summed E-state index contributed by atoms with van der Waals surface area (Å²) in [4.78, 5) is 15.3. The Labute approximate surface area is 146 Å². The molecule has 1 heterocycles. The second kappa shape index (κ2) is 13.4. The van der Waals surface area contributed by atoms with Crippen molar-refractivity contribution in [2.75, 3.05) is 7.11 Å². The molecule has 1 aliphatic heterocycles. The van der Waals surface area contributed by atoms with Crippen LogP contribution in [0.4, 0.5) is 0 Å². The third kappa shape index (κ3) is 9.40. The van der Waals surface area contributed by atoms with Crippen LogP contribution in [0, 0.1) is 0 Å². The highest BCUT2D eigenvalue weighted by atomic mass is 17.1. The van der Waals surface area contributed by atoms with E-state index in [0.717, 1.165) is 38.5 Å². The van der Waals surface area contributed by atoms with Gasteiger partial charge in [-0.1, -0.05) is 57.6 Å². The third-order valence-corrected chi connectivity index (χ3v) is 4.49. The van der Waals surface area contributed by atoms with Gasteiger partial charge in [0.05, 0.1) is 19.3 Å². The van der Waals surface area contributed by atoms with Gasteiger partial charge >= 0.3 is 5.97 Å². The normalized spacial score (nSPS) is 21.1. The third-order valence-electron chi connectivity index (χ3n) is 4.49. The largest absolute Gasteiger partial charge is 0.467 e. The van der Waals surface area contributed by atoms with E-state index in [1.165, 1.54) is 32.8 Å². The summed E-state index contributed by atoms with van der Waals surface area (Å²) in [6, 6.07) is 0. The Morgan fingerprint density at radius 2 is 1.92 bits per heavy atom. The van der Waals surface area contributed by atoms with Crippen molar-refractivity contribution in [3.05, 3.63) is 12.2 Å². The zero-order chi connectivity index (χ0) is 17.6. The molecule has 1 rings (SSSR count). The van der Waals surface area contributed by atoms with E-state index in [2.05, 4.69) is 28.7 Å². The summed E-state index contributed by atoms with van der Waals surface area (Å²) in [7, 11) is 1.29. The van der Waals surface area contributed by atoms with Crippen molar-refractivity contribution in [3.63, 3.8) is 0 Å². The number of ether oxygens (including phenoxy) is 2. The Morgan fingerprint density at radius 1 is 1.12 bits per heavy atom. The Balaban J connectivity index is 1.89. The molecule has 3 atom stereocenters. The average molecular weight is 342 g/mol. The minimum atomic E-state index is -0.848. The van der Waals surface area contributed by atoms with Crippen molar-refractivity contribution >= 4 is 5.97 Å². The molecule has 5 heteroatoms. The summed E-state index contributed by atoms with van der Waals surface area (Å²) >= 11 is 0. The highest BCUT2D eigenvalue weighted by molar-refractivity contribution is 5.74. The maximum atomic E-state index is 11.2. The molecular weight excluding hydrogens is 308 g/mol. The topological polar surface area (TPSA) is 68.3 Å². The van der Waals surface area contributed by atoms with Gasteiger partial charge < -0.3 is 9.47 Å². The lowest BCUT2D eigenvalue weighted by atomic mass is 10.1. The fourth-order valence-electron chi connectivity index (χ4n) is 2.87. The van der Waals surface area contributed by atoms with Crippen molar-refractivity contribution in [2.45, 2.75) is 95.9 Å². The Kier molecular flexibility index (Phi) is 11.8. The molecule has 1 aliphatic rings. The van der Waals surface area contributed by atoms with Crippen LogP contribution in [0.2, 0.25) is 0 Å². The monoisotopic (exact) mass is 342 g/mol. The zero-order valence-electron chi connectivity index (χ0n) is 15.2. The molecule has 5 nitrogen and oxygen atoms in total. The summed E-state index contributed by atoms with van der Waals surface area (Å²) in [5, 5.41) is 8.64. The van der Waals surface area contributed by atoms with Gasteiger partial charge in [-0.15, -0.1) is 0 Å². The van der Waals surface area contributed by atoms with E-state index in [0.29, 0.717) is 18.6 Å². The van der Waals surface area contributed by atoms with Crippen LogP contribution in [-0.2, 0) is 19.2 Å². The second-order valence-electron chi connectivity index (χ2n) is 6.52. The fourth-order valence-corrected chi connectivity index (χ4v) is 2.87. The van der Waals surface area contributed by atoms with Gasteiger partial charge in [-0.3, -0.25) is 5.26 Å². The predicted molar refractivity (Wildman–Crippen MR) is 93.8 cm³/mol. The van der Waals surface area contributed by atoms with E-state index in [-0.39, 0.29) is 0 Å². The van der Waals surface area contributed by atoms with Gasteiger partial charge in [0.25, 0.3) is 0 Å². The minimum Gasteiger partial charge on any atom is -0.467 e. The van der Waals surface area contributed by atoms with Crippen molar-refractivity contribution in [3.8, 4) is 0 Å². The Hall–Kier alpha value is -0.910. The molecule has 24 heavy (non-hydrogen) atoms. The average Bonchev–Trinajstić information content (AvgIpc) is 3.34. The number of esters is 1. The lowest BCUT2D eigenvalue weighted by Crippen LogP contribution is -2.24. The molecule has 0 aliphatic carbocycles. The van der Waals surface area contributed by atoms with Crippen molar-refractivity contribution in [1.82, 2.24) is 0 Å². The van der Waals surface area contributed by atoms with Crippen LogP contribution in [0.15, 0.2) is 12.2 Å². The molecule has 1 saturated heterocycles. The van der Waals surface area contributed by atoms with E-state index in [1.54, 1.807) is 0 Å². The van der Waals surface area contributed by atoms with Crippen LogP contribution in [0.1, 0.15) is 77.6 Å². The van der Waals surface area contributed by atoms with Crippen molar-refractivity contribution in [2.24, 2.45) is 0 Å². The van der Waals surface area contributed by atoms with Gasteiger partial charge in [0.1, 0.15) is 0 Å². The molecule has 140 valence electrons. The molecule has 0 amide bonds. The summed E-state index contributed by atoms with van der Waals surface area (Å²) in [5.74, 6) is -0.518. The first-order chi connectivity index (χ1) is 11.7. The molecule has 0 spiro atoms. The number of unbranched alkanes of at least 4 members (excludes halogenated alkanes) is 6. The highest BCUT2D eigenvalue weighted by Crippen LogP contribution is 2.30. The van der Waals surface area contributed by atoms with Crippen LogP contribution < -0.4 is 0 Å². The van der Waals surface area contributed by atoms with Crippen LogP contribution in [0.5, 0.6) is 0 Å². The first-order valence-corrected chi connectivity index (χ1v) is 9.41. The van der Waals surface area contributed by atoms with Gasteiger partial charge in [-0.2, -0.15) is 0 Å². The fraction of sp³-hybridized carbons (Fsp3) is 0.842. The standard InChI is InChI=1S/C19H34O5/c1-3-4-10-13-16-17(23-16)14-11-8-6-5-7-9-12-15-18(24-21)19(20)22-2/h8,11,16-18,21H,3-7,9-10,12-15H2,1-2H3/b11-8+. The van der Waals surface area contributed by atoms with Crippen LogP contribution in [-0.4, -0.2) is 36.6 Å². The van der Waals surface area contributed by atoms with Gasteiger partial charge in [0.15, 0.2) is 6.10 Å². The molecule has 0 saturated carbocycles. The number of allylic oxidation sites excluding steroid dienone is 1. The molecule has 0 bridgehead atoms. The van der Waals surface area contributed by atoms with Gasteiger partial charge in [-0.25, -0.2) is 9.68 Å². The summed E-state index contributed by atoms with van der Waals surface area (Å²) in [5.41, 5.74) is 0. The number of hydrogen-bond donors (Lipinski definition) is 1. The summed E-state index contributed by atoms with van der Waals surface area (Å²) < 4.78 is 10.2. The SMILES string of the molecule is CCCCCC1OC1C/C=C/CCCCCCC(OO)C(=O)OC.